The fourth-order valence-corrected chi connectivity index (χ4v) is 3.36. The molecule has 2 heterocycles. The highest BCUT2D eigenvalue weighted by molar-refractivity contribution is 6.22. The second kappa shape index (κ2) is 5.43. The number of imide groups is 2. The monoisotopic (exact) mass is 340 g/mol. The molecule has 1 aromatic rings. The van der Waals surface area contributed by atoms with Gasteiger partial charge < -0.3 is 0 Å². The largest absolute Gasteiger partial charge is 0.396 e. The standard InChI is InChI=1S/C15H11F3N2O4/c16-15(17,18)10(6-4-2-1-3-5-6)7-8-11(21)19-13(23)9(7)14(24)20-12(8)22/h1-5,7-10H,(H,19,21,23)(H,20,22,24). The molecule has 2 aliphatic heterocycles. The molecule has 0 spiro atoms. The van der Waals surface area contributed by atoms with Crippen LogP contribution in [-0.4, -0.2) is 29.8 Å². The highest BCUT2D eigenvalue weighted by atomic mass is 19.4. The van der Waals surface area contributed by atoms with Crippen LogP contribution in [0.2, 0.25) is 0 Å². The van der Waals surface area contributed by atoms with Crippen LogP contribution in [0.15, 0.2) is 30.3 Å². The Balaban J connectivity index is 2.18. The summed E-state index contributed by atoms with van der Waals surface area (Å²) in [4.78, 5) is 47.7. The summed E-state index contributed by atoms with van der Waals surface area (Å²) in [7, 11) is 0. The van der Waals surface area contributed by atoms with Crippen molar-refractivity contribution in [3.8, 4) is 0 Å². The van der Waals surface area contributed by atoms with E-state index in [2.05, 4.69) is 0 Å². The van der Waals surface area contributed by atoms with Crippen LogP contribution in [0, 0.1) is 17.8 Å². The van der Waals surface area contributed by atoms with E-state index >= 15 is 0 Å². The number of alkyl halides is 3. The molecule has 0 aromatic heterocycles. The third kappa shape index (κ3) is 2.45. The van der Waals surface area contributed by atoms with E-state index in [1.807, 2.05) is 0 Å². The normalized spacial score (nSPS) is 28.2. The number of hydrogen-bond acceptors (Lipinski definition) is 4. The fourth-order valence-electron chi connectivity index (χ4n) is 3.36. The van der Waals surface area contributed by atoms with Gasteiger partial charge in [0.25, 0.3) is 0 Å². The van der Waals surface area contributed by atoms with E-state index in [-0.39, 0.29) is 5.56 Å². The molecule has 4 amide bonds. The molecule has 2 N–H and O–H groups in total. The fraction of sp³-hybridized carbons (Fsp3) is 0.333. The Kier molecular flexibility index (Phi) is 3.66. The Morgan fingerprint density at radius 1 is 0.792 bits per heavy atom. The van der Waals surface area contributed by atoms with E-state index in [9.17, 15) is 32.3 Å². The lowest BCUT2D eigenvalue weighted by Crippen LogP contribution is -2.67. The third-order valence-electron chi connectivity index (χ3n) is 4.29. The highest BCUT2D eigenvalue weighted by Crippen LogP contribution is 2.49. The van der Waals surface area contributed by atoms with Gasteiger partial charge in [0.05, 0.1) is 5.92 Å². The lowest BCUT2D eigenvalue weighted by Gasteiger charge is -2.43. The third-order valence-corrected chi connectivity index (χ3v) is 4.29. The number of hydrogen-bond donors (Lipinski definition) is 2. The molecule has 2 bridgehead atoms. The van der Waals surface area contributed by atoms with E-state index in [1.165, 1.54) is 30.3 Å². The predicted octanol–water partition coefficient (Wildman–Crippen LogP) is 0.494. The first kappa shape index (κ1) is 16.2. The maximum Gasteiger partial charge on any atom is 0.396 e. The number of fused-ring (bicyclic) bond motifs is 2. The van der Waals surface area contributed by atoms with Gasteiger partial charge in [-0.1, -0.05) is 30.3 Å². The number of benzene rings is 1. The van der Waals surface area contributed by atoms with Crippen LogP contribution >= 0.6 is 0 Å². The number of halogens is 3. The Hall–Kier alpha value is -2.71. The van der Waals surface area contributed by atoms with Crippen molar-refractivity contribution < 1.29 is 32.3 Å². The van der Waals surface area contributed by atoms with Gasteiger partial charge in [-0.25, -0.2) is 0 Å². The minimum absolute atomic E-state index is 0.213. The topological polar surface area (TPSA) is 92.3 Å². The van der Waals surface area contributed by atoms with Crippen LogP contribution in [0.5, 0.6) is 0 Å². The van der Waals surface area contributed by atoms with Crippen molar-refractivity contribution in [2.24, 2.45) is 17.8 Å². The zero-order chi connectivity index (χ0) is 17.6. The van der Waals surface area contributed by atoms with Gasteiger partial charge in [-0.2, -0.15) is 13.2 Å². The minimum atomic E-state index is -4.85. The molecule has 3 rings (SSSR count). The summed E-state index contributed by atoms with van der Waals surface area (Å²) in [6.07, 6.45) is -4.85. The van der Waals surface area contributed by atoms with Crippen molar-refractivity contribution in [3.63, 3.8) is 0 Å². The van der Waals surface area contributed by atoms with Gasteiger partial charge in [0.2, 0.25) is 23.6 Å². The van der Waals surface area contributed by atoms with Gasteiger partial charge >= 0.3 is 6.18 Å². The summed E-state index contributed by atoms with van der Waals surface area (Å²) >= 11 is 0. The number of carbonyl (C=O) groups excluding carboxylic acids is 4. The number of amides is 4. The van der Waals surface area contributed by atoms with Gasteiger partial charge in [-0.05, 0) is 5.56 Å². The van der Waals surface area contributed by atoms with E-state index in [4.69, 9.17) is 0 Å². The van der Waals surface area contributed by atoms with Crippen LogP contribution in [-0.2, 0) is 19.2 Å². The summed E-state index contributed by atoms with van der Waals surface area (Å²) in [6, 6.07) is 6.63. The summed E-state index contributed by atoms with van der Waals surface area (Å²) in [5.41, 5.74) is -0.213. The van der Waals surface area contributed by atoms with E-state index in [1.54, 1.807) is 10.6 Å². The Bertz CT molecular complexity index is 670. The molecule has 126 valence electrons. The molecule has 0 saturated carbocycles. The van der Waals surface area contributed by atoms with Gasteiger partial charge in [-0.15, -0.1) is 0 Å². The quantitative estimate of drug-likeness (QED) is 0.606. The number of carbonyl (C=O) groups is 4. The minimum Gasteiger partial charge on any atom is -0.295 e. The maximum absolute atomic E-state index is 13.7. The molecular weight excluding hydrogens is 329 g/mol. The summed E-state index contributed by atoms with van der Waals surface area (Å²) in [6.45, 7) is 0. The molecule has 0 aliphatic carbocycles. The van der Waals surface area contributed by atoms with Crippen LogP contribution in [0.25, 0.3) is 0 Å². The van der Waals surface area contributed by atoms with E-state index in [0.717, 1.165) is 0 Å². The molecular formula is C15H11F3N2O4. The van der Waals surface area contributed by atoms with E-state index in [0.29, 0.717) is 0 Å². The second-order valence-corrected chi connectivity index (χ2v) is 5.67. The van der Waals surface area contributed by atoms with Crippen LogP contribution in [0.3, 0.4) is 0 Å². The van der Waals surface area contributed by atoms with Crippen LogP contribution < -0.4 is 10.6 Å². The zero-order valence-electron chi connectivity index (χ0n) is 12.0. The molecule has 2 saturated heterocycles. The molecule has 6 nitrogen and oxygen atoms in total. The molecule has 1 atom stereocenters. The van der Waals surface area contributed by atoms with Crippen molar-refractivity contribution in [2.45, 2.75) is 12.1 Å². The van der Waals surface area contributed by atoms with Gasteiger partial charge in [-0.3, -0.25) is 29.8 Å². The lowest BCUT2D eigenvalue weighted by atomic mass is 9.65. The van der Waals surface area contributed by atoms with Gasteiger partial charge in [0.15, 0.2) is 0 Å². The molecule has 0 radical (unpaired) electrons. The Morgan fingerprint density at radius 3 is 1.58 bits per heavy atom. The predicted molar refractivity (Wildman–Crippen MR) is 72.0 cm³/mol. The number of rotatable bonds is 2. The molecule has 2 fully saturated rings. The first-order chi connectivity index (χ1) is 11.2. The van der Waals surface area contributed by atoms with Crippen molar-refractivity contribution in [1.29, 1.82) is 0 Å². The number of nitrogens with one attached hydrogen (secondary N) is 2. The average Bonchev–Trinajstić information content (AvgIpc) is 2.45. The summed E-state index contributed by atoms with van der Waals surface area (Å²) in [5.74, 6) is -12.1. The molecule has 9 heteroatoms. The molecule has 24 heavy (non-hydrogen) atoms. The SMILES string of the molecule is O=C1NC(=O)C2C(=O)NC(=O)C1C2C(c1ccccc1)C(F)(F)F. The van der Waals surface area contributed by atoms with E-state index < -0.39 is 53.5 Å². The first-order valence-electron chi connectivity index (χ1n) is 7.03. The lowest BCUT2D eigenvalue weighted by molar-refractivity contribution is -0.184. The number of piperidine rings is 2. The smallest absolute Gasteiger partial charge is 0.295 e. The molecule has 1 aromatic carbocycles. The maximum atomic E-state index is 13.7. The second-order valence-electron chi connectivity index (χ2n) is 5.67. The summed E-state index contributed by atoms with van der Waals surface area (Å²) < 4.78 is 41.2. The zero-order valence-corrected chi connectivity index (χ0v) is 12.0. The van der Waals surface area contributed by atoms with Crippen molar-refractivity contribution in [2.75, 3.05) is 0 Å². The van der Waals surface area contributed by atoms with Gasteiger partial charge in [0, 0.05) is 5.92 Å². The van der Waals surface area contributed by atoms with Crippen molar-refractivity contribution in [1.82, 2.24) is 10.6 Å². The summed E-state index contributed by atoms with van der Waals surface area (Å²) in [5, 5.41) is 3.61. The molecule has 1 unspecified atom stereocenters. The van der Waals surface area contributed by atoms with Crippen molar-refractivity contribution in [3.05, 3.63) is 35.9 Å². The average molecular weight is 340 g/mol. The highest BCUT2D eigenvalue weighted by Gasteiger charge is 2.62. The first-order valence-corrected chi connectivity index (χ1v) is 7.03. The van der Waals surface area contributed by atoms with Crippen molar-refractivity contribution >= 4 is 23.6 Å². The van der Waals surface area contributed by atoms with Crippen LogP contribution in [0.4, 0.5) is 13.2 Å². The Labute approximate surface area is 133 Å². The van der Waals surface area contributed by atoms with Gasteiger partial charge in [0.1, 0.15) is 11.8 Å². The Morgan fingerprint density at radius 2 is 1.21 bits per heavy atom. The molecule has 2 aliphatic rings. The van der Waals surface area contributed by atoms with Crippen LogP contribution in [0.1, 0.15) is 11.5 Å².